The van der Waals surface area contributed by atoms with E-state index in [-0.39, 0.29) is 6.10 Å². The molecule has 88 valence electrons. The first-order chi connectivity index (χ1) is 7.70. The van der Waals surface area contributed by atoms with E-state index >= 15 is 0 Å². The van der Waals surface area contributed by atoms with Crippen molar-refractivity contribution in [3.63, 3.8) is 0 Å². The molecule has 3 heteroatoms. The molecule has 2 atom stereocenters. The first kappa shape index (κ1) is 12.1. The van der Waals surface area contributed by atoms with Gasteiger partial charge in [-0.2, -0.15) is 0 Å². The number of nitrogens with one attached hydrogen (secondary N) is 1. The van der Waals surface area contributed by atoms with Crippen LogP contribution in [0.15, 0.2) is 22.7 Å². The summed E-state index contributed by atoms with van der Waals surface area (Å²) in [6.07, 6.45) is 2.65. The highest BCUT2D eigenvalue weighted by Gasteiger charge is 2.22. The van der Waals surface area contributed by atoms with Gasteiger partial charge in [-0.3, -0.25) is 0 Å². The van der Waals surface area contributed by atoms with Crippen LogP contribution in [0.5, 0.6) is 0 Å². The van der Waals surface area contributed by atoms with Crippen LogP contribution in [-0.2, 0) is 11.2 Å². The Morgan fingerprint density at radius 2 is 2.38 bits per heavy atom. The van der Waals surface area contributed by atoms with Crippen LogP contribution in [0.4, 0.5) is 0 Å². The Morgan fingerprint density at radius 1 is 1.56 bits per heavy atom. The molecule has 2 rings (SSSR count). The Bertz CT molecular complexity index is 367. The van der Waals surface area contributed by atoms with E-state index < -0.39 is 0 Å². The average Bonchev–Trinajstić information content (AvgIpc) is 2.68. The molecule has 0 heterocycles. The second kappa shape index (κ2) is 5.30. The first-order valence-corrected chi connectivity index (χ1v) is 6.54. The highest BCUT2D eigenvalue weighted by atomic mass is 79.9. The topological polar surface area (TPSA) is 21.3 Å². The molecule has 0 aliphatic heterocycles. The predicted molar refractivity (Wildman–Crippen MR) is 69.7 cm³/mol. The zero-order valence-corrected chi connectivity index (χ0v) is 11.4. The van der Waals surface area contributed by atoms with Crippen molar-refractivity contribution in [2.75, 3.05) is 13.7 Å². The summed E-state index contributed by atoms with van der Waals surface area (Å²) in [6, 6.07) is 7.08. The van der Waals surface area contributed by atoms with Crippen LogP contribution < -0.4 is 5.32 Å². The van der Waals surface area contributed by atoms with E-state index in [1.807, 2.05) is 0 Å². The largest absolute Gasteiger partial charge is 0.380 e. The van der Waals surface area contributed by atoms with Crippen LogP contribution in [0.3, 0.4) is 0 Å². The Labute approximate surface area is 106 Å². The van der Waals surface area contributed by atoms with Crippen molar-refractivity contribution in [2.24, 2.45) is 0 Å². The van der Waals surface area contributed by atoms with Crippen molar-refractivity contribution >= 4 is 15.9 Å². The van der Waals surface area contributed by atoms with Crippen molar-refractivity contribution < 1.29 is 4.74 Å². The number of rotatable bonds is 4. The third kappa shape index (κ3) is 2.65. The van der Waals surface area contributed by atoms with Crippen LogP contribution in [0, 0.1) is 0 Å². The summed E-state index contributed by atoms with van der Waals surface area (Å²) in [5.74, 6) is 0. The molecule has 16 heavy (non-hydrogen) atoms. The minimum Gasteiger partial charge on any atom is -0.380 e. The smallest absolute Gasteiger partial charge is 0.0667 e. The van der Waals surface area contributed by atoms with E-state index in [2.05, 4.69) is 46.4 Å². The molecule has 0 aromatic heterocycles. The molecule has 0 bridgehead atoms. The van der Waals surface area contributed by atoms with Gasteiger partial charge in [-0.25, -0.2) is 0 Å². The summed E-state index contributed by atoms with van der Waals surface area (Å²) in [5, 5.41) is 3.57. The maximum atomic E-state index is 5.25. The summed E-state index contributed by atoms with van der Waals surface area (Å²) in [4.78, 5) is 0. The molecule has 2 nitrogen and oxygen atoms in total. The van der Waals surface area contributed by atoms with Gasteiger partial charge >= 0.3 is 0 Å². The molecule has 0 saturated heterocycles. The Kier molecular flexibility index (Phi) is 4.00. The molecule has 2 unspecified atom stereocenters. The van der Waals surface area contributed by atoms with Crippen LogP contribution >= 0.6 is 15.9 Å². The van der Waals surface area contributed by atoms with Gasteiger partial charge in [0.05, 0.1) is 6.10 Å². The number of hydrogen-bond donors (Lipinski definition) is 1. The van der Waals surface area contributed by atoms with Crippen molar-refractivity contribution in [3.05, 3.63) is 33.8 Å². The minimum absolute atomic E-state index is 0.277. The van der Waals surface area contributed by atoms with Crippen LogP contribution in [0.25, 0.3) is 0 Å². The fraction of sp³-hybridized carbons (Fsp3) is 0.538. The van der Waals surface area contributed by atoms with Gasteiger partial charge in [0, 0.05) is 24.2 Å². The molecule has 1 aliphatic carbocycles. The van der Waals surface area contributed by atoms with Gasteiger partial charge in [0.25, 0.3) is 0 Å². The van der Waals surface area contributed by atoms with E-state index in [0.717, 1.165) is 6.54 Å². The first-order valence-electron chi connectivity index (χ1n) is 5.75. The second-order valence-electron chi connectivity index (χ2n) is 4.39. The number of benzene rings is 1. The summed E-state index contributed by atoms with van der Waals surface area (Å²) in [6.45, 7) is 3.00. The molecular weight excluding hydrogens is 266 g/mol. The molecule has 0 spiro atoms. The van der Waals surface area contributed by atoms with Gasteiger partial charge < -0.3 is 10.1 Å². The number of aryl methyl sites for hydroxylation is 1. The van der Waals surface area contributed by atoms with Crippen LogP contribution in [0.1, 0.15) is 30.5 Å². The number of halogens is 1. The lowest BCUT2D eigenvalue weighted by molar-refractivity contribution is 0.114. The molecule has 0 fully saturated rings. The zero-order valence-electron chi connectivity index (χ0n) is 9.79. The van der Waals surface area contributed by atoms with E-state index in [9.17, 15) is 0 Å². The summed E-state index contributed by atoms with van der Waals surface area (Å²) in [5.41, 5.74) is 2.92. The fourth-order valence-electron chi connectivity index (χ4n) is 2.19. The van der Waals surface area contributed by atoms with Gasteiger partial charge in [0.1, 0.15) is 0 Å². The van der Waals surface area contributed by atoms with Crippen molar-refractivity contribution in [1.82, 2.24) is 5.32 Å². The SMILES string of the molecule is COC(C)CNC1CCc2cc(Br)ccc21. The third-order valence-electron chi connectivity index (χ3n) is 3.24. The Morgan fingerprint density at radius 3 is 3.12 bits per heavy atom. The predicted octanol–water partition coefficient (Wildman–Crippen LogP) is 3.06. The number of fused-ring (bicyclic) bond motifs is 1. The third-order valence-corrected chi connectivity index (χ3v) is 3.73. The second-order valence-corrected chi connectivity index (χ2v) is 5.30. The van der Waals surface area contributed by atoms with Gasteiger partial charge in [-0.15, -0.1) is 0 Å². The van der Waals surface area contributed by atoms with Crippen molar-refractivity contribution in [2.45, 2.75) is 31.9 Å². The highest BCUT2D eigenvalue weighted by molar-refractivity contribution is 9.10. The molecule has 0 radical (unpaired) electrons. The van der Waals surface area contributed by atoms with Gasteiger partial charge in [-0.05, 0) is 43.0 Å². The van der Waals surface area contributed by atoms with Gasteiger partial charge in [-0.1, -0.05) is 22.0 Å². The number of methoxy groups -OCH3 is 1. The summed E-state index contributed by atoms with van der Waals surface area (Å²) >= 11 is 3.52. The molecule has 0 amide bonds. The Balaban J connectivity index is 2.01. The maximum absolute atomic E-state index is 5.25. The lowest BCUT2D eigenvalue weighted by Gasteiger charge is -2.17. The fourth-order valence-corrected chi connectivity index (χ4v) is 2.60. The highest BCUT2D eigenvalue weighted by Crippen LogP contribution is 2.32. The van der Waals surface area contributed by atoms with E-state index in [1.54, 1.807) is 7.11 Å². The minimum atomic E-state index is 0.277. The van der Waals surface area contributed by atoms with Crippen LogP contribution in [0.2, 0.25) is 0 Å². The Hall–Kier alpha value is -0.380. The summed E-state index contributed by atoms with van der Waals surface area (Å²) < 4.78 is 6.42. The van der Waals surface area contributed by atoms with Gasteiger partial charge in [0.15, 0.2) is 0 Å². The number of hydrogen-bond acceptors (Lipinski definition) is 2. The maximum Gasteiger partial charge on any atom is 0.0667 e. The van der Waals surface area contributed by atoms with Crippen LogP contribution in [-0.4, -0.2) is 19.8 Å². The van der Waals surface area contributed by atoms with Crippen molar-refractivity contribution in [3.8, 4) is 0 Å². The molecule has 1 aromatic rings. The average molecular weight is 284 g/mol. The van der Waals surface area contributed by atoms with E-state index in [0.29, 0.717) is 6.04 Å². The molecule has 1 aromatic carbocycles. The molecule has 1 aliphatic rings. The van der Waals surface area contributed by atoms with Gasteiger partial charge in [0.2, 0.25) is 0 Å². The standard InChI is InChI=1S/C13H18BrNO/c1-9(16-2)8-15-13-6-3-10-7-11(14)4-5-12(10)13/h4-5,7,9,13,15H,3,6,8H2,1-2H3. The quantitative estimate of drug-likeness (QED) is 0.917. The lowest BCUT2D eigenvalue weighted by Crippen LogP contribution is -2.28. The zero-order chi connectivity index (χ0) is 11.5. The number of ether oxygens (including phenoxy) is 1. The summed E-state index contributed by atoms with van der Waals surface area (Å²) in [7, 11) is 1.76. The molecule has 1 N–H and O–H groups in total. The van der Waals surface area contributed by atoms with Crippen molar-refractivity contribution in [1.29, 1.82) is 0 Å². The molecule has 0 saturated carbocycles. The van der Waals surface area contributed by atoms with E-state index in [1.165, 1.54) is 28.4 Å². The molecular formula is C13H18BrNO. The lowest BCUT2D eigenvalue weighted by atomic mass is 10.1. The van der Waals surface area contributed by atoms with E-state index in [4.69, 9.17) is 4.74 Å². The monoisotopic (exact) mass is 283 g/mol. The normalized spacial score (nSPS) is 20.8.